The quantitative estimate of drug-likeness (QED) is 0.616. The van der Waals surface area contributed by atoms with E-state index in [2.05, 4.69) is 0 Å². The molecule has 0 amide bonds. The minimum Gasteiger partial charge on any atom is -0.381 e. The Balaban J connectivity index is 2.45. The Morgan fingerprint density at radius 3 is 2.71 bits per heavy atom. The molecule has 8 nitrogen and oxygen atoms in total. The van der Waals surface area contributed by atoms with Gasteiger partial charge in [-0.3, -0.25) is 10.1 Å². The molecular weight excluding hydrogens is 358 g/mol. The number of nitro benzene ring substituents is 1. The van der Waals surface area contributed by atoms with Crippen LogP contribution in [0.3, 0.4) is 0 Å². The average Bonchev–Trinajstić information content (AvgIpc) is 2.55. The Hall–Kier alpha value is -1.26. The Morgan fingerprint density at radius 2 is 2.17 bits per heavy atom. The molecule has 1 aliphatic heterocycles. The lowest BCUT2D eigenvalue weighted by Crippen LogP contribution is -2.51. The number of hydrogen-bond donors (Lipinski definition) is 1. The van der Waals surface area contributed by atoms with Crippen LogP contribution in [0.5, 0.6) is 0 Å². The van der Waals surface area contributed by atoms with E-state index < -0.39 is 21.0 Å². The maximum absolute atomic E-state index is 12.9. The van der Waals surface area contributed by atoms with E-state index in [1.165, 1.54) is 17.3 Å². The van der Waals surface area contributed by atoms with Gasteiger partial charge < -0.3 is 10.5 Å². The van der Waals surface area contributed by atoms with Gasteiger partial charge in [-0.1, -0.05) is 11.6 Å². The van der Waals surface area contributed by atoms with Gasteiger partial charge in [0, 0.05) is 37.9 Å². The monoisotopic (exact) mass is 377 g/mol. The van der Waals surface area contributed by atoms with E-state index in [1.54, 1.807) is 7.11 Å². The Labute approximate surface area is 145 Å². The van der Waals surface area contributed by atoms with Crippen LogP contribution in [-0.2, 0) is 14.8 Å². The van der Waals surface area contributed by atoms with Crippen LogP contribution in [-0.4, -0.2) is 50.0 Å². The first-order chi connectivity index (χ1) is 11.2. The second-order valence-corrected chi connectivity index (χ2v) is 7.99. The highest BCUT2D eigenvalue weighted by Gasteiger charge is 2.37. The minimum absolute atomic E-state index is 0.0406. The highest BCUT2D eigenvalue weighted by atomic mass is 35.5. The van der Waals surface area contributed by atoms with Crippen LogP contribution in [0.2, 0.25) is 5.02 Å². The predicted molar refractivity (Wildman–Crippen MR) is 89.6 cm³/mol. The fourth-order valence-electron chi connectivity index (χ4n) is 2.85. The molecule has 0 saturated carbocycles. The maximum Gasteiger partial charge on any atom is 0.275 e. The van der Waals surface area contributed by atoms with Crippen molar-refractivity contribution in [3.8, 4) is 0 Å². The number of rotatable bonds is 5. The number of halogens is 1. The van der Waals surface area contributed by atoms with Crippen molar-refractivity contribution in [1.29, 1.82) is 0 Å². The fraction of sp³-hybridized carbons (Fsp3) is 0.571. The van der Waals surface area contributed by atoms with E-state index in [-0.39, 0.29) is 40.4 Å². The number of nitrogens with zero attached hydrogens (tertiary/aromatic N) is 2. The van der Waals surface area contributed by atoms with E-state index in [0.717, 1.165) is 6.07 Å². The van der Waals surface area contributed by atoms with Crippen LogP contribution in [0.1, 0.15) is 18.4 Å². The van der Waals surface area contributed by atoms with Gasteiger partial charge in [-0.25, -0.2) is 8.42 Å². The smallest absolute Gasteiger partial charge is 0.275 e. The summed E-state index contributed by atoms with van der Waals surface area (Å²) in [5.41, 5.74) is 5.63. The number of nitrogens with two attached hydrogens (primary N) is 1. The van der Waals surface area contributed by atoms with Crippen LogP contribution < -0.4 is 5.73 Å². The number of methoxy groups -OCH3 is 1. The molecule has 1 fully saturated rings. The van der Waals surface area contributed by atoms with Crippen molar-refractivity contribution in [3.05, 3.63) is 32.8 Å². The van der Waals surface area contributed by atoms with Crippen molar-refractivity contribution in [2.75, 3.05) is 20.2 Å². The summed E-state index contributed by atoms with van der Waals surface area (Å²) in [5, 5.41) is 11.2. The number of nitro groups is 1. The molecule has 0 aliphatic carbocycles. The third kappa shape index (κ3) is 3.55. The molecular formula is C14H20ClN3O5S. The first kappa shape index (κ1) is 19.1. The molecule has 0 aromatic heterocycles. The zero-order valence-electron chi connectivity index (χ0n) is 13.4. The highest BCUT2D eigenvalue weighted by Crippen LogP contribution is 2.33. The van der Waals surface area contributed by atoms with Gasteiger partial charge in [-0.2, -0.15) is 4.31 Å². The van der Waals surface area contributed by atoms with E-state index in [1.807, 2.05) is 0 Å². The van der Waals surface area contributed by atoms with E-state index in [4.69, 9.17) is 22.1 Å². The summed E-state index contributed by atoms with van der Waals surface area (Å²) in [6, 6.07) is 1.87. The largest absolute Gasteiger partial charge is 0.381 e. The zero-order chi connectivity index (χ0) is 18.1. The van der Waals surface area contributed by atoms with Gasteiger partial charge in [0.25, 0.3) is 5.69 Å². The summed E-state index contributed by atoms with van der Waals surface area (Å²) in [6.07, 6.45) is 0.961. The minimum atomic E-state index is -3.94. The van der Waals surface area contributed by atoms with Gasteiger partial charge in [0.2, 0.25) is 10.0 Å². The number of ether oxygens (including phenoxy) is 1. The van der Waals surface area contributed by atoms with E-state index in [0.29, 0.717) is 12.8 Å². The lowest BCUT2D eigenvalue weighted by atomic mass is 10.0. The first-order valence-electron chi connectivity index (χ1n) is 7.41. The fourth-order valence-corrected chi connectivity index (χ4v) is 4.84. The van der Waals surface area contributed by atoms with E-state index in [9.17, 15) is 18.5 Å². The van der Waals surface area contributed by atoms with Crippen molar-refractivity contribution in [3.63, 3.8) is 0 Å². The van der Waals surface area contributed by atoms with Crippen LogP contribution >= 0.6 is 11.6 Å². The molecule has 2 N–H and O–H groups in total. The summed E-state index contributed by atoms with van der Waals surface area (Å²) in [6.45, 7) is 1.85. The average molecular weight is 378 g/mol. The van der Waals surface area contributed by atoms with Crippen molar-refractivity contribution < 1.29 is 18.1 Å². The summed E-state index contributed by atoms with van der Waals surface area (Å²) in [4.78, 5) is 10.3. The number of piperidine rings is 1. The molecule has 0 radical (unpaired) electrons. The third-order valence-electron chi connectivity index (χ3n) is 4.31. The van der Waals surface area contributed by atoms with Crippen molar-refractivity contribution in [2.24, 2.45) is 5.73 Å². The molecule has 134 valence electrons. The summed E-state index contributed by atoms with van der Waals surface area (Å²) in [7, 11) is -2.37. The van der Waals surface area contributed by atoms with Gasteiger partial charge in [0.05, 0.1) is 20.9 Å². The van der Waals surface area contributed by atoms with Crippen molar-refractivity contribution in [1.82, 2.24) is 4.31 Å². The normalized spacial score (nSPS) is 22.5. The van der Waals surface area contributed by atoms with Gasteiger partial charge in [0.1, 0.15) is 0 Å². The maximum atomic E-state index is 12.9. The standard InChI is InChI=1S/C14H20ClN3O5S/c1-9-13(15)6-12(7-14(9)18(19)20)24(21,22)17-4-3-11(23-2)5-10(17)8-16/h6-7,10-11H,3-5,8,16H2,1-2H3. The molecule has 1 heterocycles. The summed E-state index contributed by atoms with van der Waals surface area (Å²) in [5.74, 6) is 0. The van der Waals surface area contributed by atoms with Gasteiger partial charge in [-0.15, -0.1) is 0 Å². The SMILES string of the molecule is COC1CCN(S(=O)(=O)c2cc(Cl)c(C)c([N+](=O)[O-])c2)C(CN)C1. The molecule has 1 aliphatic rings. The van der Waals surface area contributed by atoms with Crippen molar-refractivity contribution in [2.45, 2.75) is 36.8 Å². The highest BCUT2D eigenvalue weighted by molar-refractivity contribution is 7.89. The van der Waals surface area contributed by atoms with Gasteiger partial charge in [0.15, 0.2) is 0 Å². The lowest BCUT2D eigenvalue weighted by molar-refractivity contribution is -0.385. The Morgan fingerprint density at radius 1 is 1.50 bits per heavy atom. The molecule has 2 unspecified atom stereocenters. The second-order valence-electron chi connectivity index (χ2n) is 5.69. The Kier molecular flexibility index (Phi) is 5.82. The summed E-state index contributed by atoms with van der Waals surface area (Å²) >= 11 is 5.99. The predicted octanol–water partition coefficient (Wildman–Crippen LogP) is 1.68. The van der Waals surface area contributed by atoms with Crippen LogP contribution in [0.4, 0.5) is 5.69 Å². The Bertz CT molecular complexity index is 740. The topological polar surface area (TPSA) is 116 Å². The van der Waals surface area contributed by atoms with Crippen LogP contribution in [0.15, 0.2) is 17.0 Å². The molecule has 24 heavy (non-hydrogen) atoms. The molecule has 0 bridgehead atoms. The summed E-state index contributed by atoms with van der Waals surface area (Å²) < 4.78 is 32.4. The van der Waals surface area contributed by atoms with Crippen molar-refractivity contribution >= 4 is 27.3 Å². The molecule has 1 aromatic carbocycles. The van der Waals surface area contributed by atoms with Gasteiger partial charge >= 0.3 is 0 Å². The molecule has 10 heteroatoms. The van der Waals surface area contributed by atoms with Gasteiger partial charge in [-0.05, 0) is 25.8 Å². The first-order valence-corrected chi connectivity index (χ1v) is 9.23. The van der Waals surface area contributed by atoms with E-state index >= 15 is 0 Å². The molecule has 1 saturated heterocycles. The number of benzene rings is 1. The molecule has 2 rings (SSSR count). The molecule has 2 atom stereocenters. The number of hydrogen-bond acceptors (Lipinski definition) is 6. The number of sulfonamides is 1. The molecule has 0 spiro atoms. The third-order valence-corrected chi connectivity index (χ3v) is 6.63. The second kappa shape index (κ2) is 7.32. The van der Waals surface area contributed by atoms with Crippen LogP contribution in [0.25, 0.3) is 0 Å². The van der Waals surface area contributed by atoms with Crippen LogP contribution in [0, 0.1) is 17.0 Å². The molecule has 1 aromatic rings. The zero-order valence-corrected chi connectivity index (χ0v) is 15.0. The lowest BCUT2D eigenvalue weighted by Gasteiger charge is -2.37.